The molecule has 1 heterocycles. The fraction of sp³-hybridized carbons (Fsp3) is 0.167. The Morgan fingerprint density at radius 1 is 1.31 bits per heavy atom. The molecule has 4 heteroatoms. The highest BCUT2D eigenvalue weighted by atomic mass is 32.1. The van der Waals surface area contributed by atoms with Crippen molar-refractivity contribution in [1.82, 2.24) is 0 Å². The molecule has 0 aliphatic carbocycles. The molecule has 0 bridgehead atoms. The molecule has 3 N–H and O–H groups in total. The summed E-state index contributed by atoms with van der Waals surface area (Å²) in [6.45, 7) is 0. The van der Waals surface area contributed by atoms with E-state index in [0.717, 1.165) is 4.88 Å². The molecule has 0 spiro atoms. The summed E-state index contributed by atoms with van der Waals surface area (Å²) in [5.41, 5.74) is 7.09. The number of anilines is 1. The van der Waals surface area contributed by atoms with Gasteiger partial charge in [-0.1, -0.05) is 18.2 Å². The van der Waals surface area contributed by atoms with Crippen LogP contribution in [-0.2, 0) is 0 Å². The van der Waals surface area contributed by atoms with E-state index < -0.39 is 6.10 Å². The van der Waals surface area contributed by atoms with Crippen LogP contribution in [0.15, 0.2) is 35.7 Å². The number of hydrogen-bond acceptors (Lipinski definition) is 4. The van der Waals surface area contributed by atoms with Gasteiger partial charge in [0.2, 0.25) is 0 Å². The molecule has 0 amide bonds. The summed E-state index contributed by atoms with van der Waals surface area (Å²) in [4.78, 5) is 0.875. The van der Waals surface area contributed by atoms with E-state index in [1.807, 2.05) is 29.6 Å². The Labute approximate surface area is 98.1 Å². The Kier molecular flexibility index (Phi) is 3.12. The molecule has 3 nitrogen and oxygen atoms in total. The van der Waals surface area contributed by atoms with Gasteiger partial charge in [0.15, 0.2) is 0 Å². The van der Waals surface area contributed by atoms with Crippen molar-refractivity contribution < 1.29 is 9.84 Å². The third-order valence-electron chi connectivity index (χ3n) is 2.43. The van der Waals surface area contributed by atoms with Crippen molar-refractivity contribution >= 4 is 17.0 Å². The Hall–Kier alpha value is -1.52. The molecule has 1 aromatic heterocycles. The highest BCUT2D eigenvalue weighted by molar-refractivity contribution is 7.10. The maximum atomic E-state index is 10.2. The van der Waals surface area contributed by atoms with Crippen LogP contribution in [0.3, 0.4) is 0 Å². The zero-order valence-electron chi connectivity index (χ0n) is 8.88. The lowest BCUT2D eigenvalue weighted by molar-refractivity contribution is 0.224. The quantitative estimate of drug-likeness (QED) is 0.803. The van der Waals surface area contributed by atoms with E-state index in [-0.39, 0.29) is 0 Å². The van der Waals surface area contributed by atoms with Crippen LogP contribution in [-0.4, -0.2) is 12.2 Å². The zero-order valence-corrected chi connectivity index (χ0v) is 9.70. The second-order valence-corrected chi connectivity index (χ2v) is 4.36. The average Bonchev–Trinajstić information content (AvgIpc) is 2.82. The minimum atomic E-state index is -0.685. The summed E-state index contributed by atoms with van der Waals surface area (Å²) in [5.74, 6) is 0.591. The fourth-order valence-corrected chi connectivity index (χ4v) is 2.30. The first-order valence-electron chi connectivity index (χ1n) is 4.88. The van der Waals surface area contributed by atoms with E-state index in [1.165, 1.54) is 11.3 Å². The number of aliphatic hydroxyl groups is 1. The Morgan fingerprint density at radius 3 is 2.75 bits per heavy atom. The van der Waals surface area contributed by atoms with E-state index in [1.54, 1.807) is 13.2 Å². The van der Waals surface area contributed by atoms with Crippen LogP contribution in [0.5, 0.6) is 5.75 Å². The number of methoxy groups -OCH3 is 1. The summed E-state index contributed by atoms with van der Waals surface area (Å²) in [7, 11) is 1.56. The first-order valence-corrected chi connectivity index (χ1v) is 5.76. The van der Waals surface area contributed by atoms with Gasteiger partial charge in [0.05, 0.1) is 12.8 Å². The van der Waals surface area contributed by atoms with Crippen LogP contribution in [0.4, 0.5) is 5.69 Å². The number of aliphatic hydroxyl groups excluding tert-OH is 1. The van der Waals surface area contributed by atoms with Gasteiger partial charge in [0, 0.05) is 10.4 Å². The number of para-hydroxylation sites is 1. The molecular formula is C12H13NO2S. The van der Waals surface area contributed by atoms with Crippen LogP contribution < -0.4 is 10.5 Å². The first-order chi connectivity index (χ1) is 7.74. The van der Waals surface area contributed by atoms with Crippen LogP contribution in [0, 0.1) is 0 Å². The van der Waals surface area contributed by atoms with E-state index in [0.29, 0.717) is 17.0 Å². The van der Waals surface area contributed by atoms with Crippen molar-refractivity contribution in [3.8, 4) is 5.75 Å². The molecule has 1 aromatic carbocycles. The number of benzene rings is 1. The highest BCUT2D eigenvalue weighted by Gasteiger charge is 2.16. The molecule has 1 unspecified atom stereocenters. The standard InChI is InChI=1S/C12H13NO2S/c1-15-9-5-2-4-8(11(9)13)12(14)10-6-3-7-16-10/h2-7,12,14H,13H2,1H3. The highest BCUT2D eigenvalue weighted by Crippen LogP contribution is 2.34. The van der Waals surface area contributed by atoms with Crippen LogP contribution in [0.25, 0.3) is 0 Å². The van der Waals surface area contributed by atoms with E-state index in [9.17, 15) is 5.11 Å². The van der Waals surface area contributed by atoms with Crippen molar-refractivity contribution in [3.05, 3.63) is 46.2 Å². The summed E-state index contributed by atoms with van der Waals surface area (Å²) in [6, 6.07) is 9.19. The van der Waals surface area contributed by atoms with Gasteiger partial charge < -0.3 is 15.6 Å². The lowest BCUT2D eigenvalue weighted by atomic mass is 10.1. The third kappa shape index (κ3) is 1.89. The number of ether oxygens (including phenoxy) is 1. The smallest absolute Gasteiger partial charge is 0.142 e. The number of rotatable bonds is 3. The predicted octanol–water partition coefficient (Wildman–Crippen LogP) is 2.42. The maximum Gasteiger partial charge on any atom is 0.142 e. The molecule has 2 aromatic rings. The minimum absolute atomic E-state index is 0.492. The zero-order chi connectivity index (χ0) is 11.5. The van der Waals surface area contributed by atoms with Crippen molar-refractivity contribution in [1.29, 1.82) is 0 Å². The molecule has 0 saturated carbocycles. The number of thiophene rings is 1. The molecule has 0 saturated heterocycles. The molecule has 1 atom stereocenters. The van der Waals surface area contributed by atoms with Crippen molar-refractivity contribution in [2.45, 2.75) is 6.10 Å². The molecule has 2 rings (SSSR count). The van der Waals surface area contributed by atoms with Crippen LogP contribution in [0.2, 0.25) is 0 Å². The van der Waals surface area contributed by atoms with E-state index in [2.05, 4.69) is 0 Å². The SMILES string of the molecule is COc1cccc(C(O)c2cccs2)c1N. The van der Waals surface area contributed by atoms with Gasteiger partial charge in [0.25, 0.3) is 0 Å². The number of nitrogens with two attached hydrogens (primary N) is 1. The summed E-state index contributed by atoms with van der Waals surface area (Å²) < 4.78 is 5.12. The Morgan fingerprint density at radius 2 is 2.12 bits per heavy atom. The predicted molar refractivity (Wildman–Crippen MR) is 65.8 cm³/mol. The monoisotopic (exact) mass is 235 g/mol. The van der Waals surface area contributed by atoms with Gasteiger partial charge in [-0.2, -0.15) is 0 Å². The van der Waals surface area contributed by atoms with Gasteiger partial charge >= 0.3 is 0 Å². The maximum absolute atomic E-state index is 10.2. The largest absolute Gasteiger partial charge is 0.495 e. The molecule has 0 aliphatic heterocycles. The topological polar surface area (TPSA) is 55.5 Å². The second-order valence-electron chi connectivity index (χ2n) is 3.38. The number of nitrogen functional groups attached to an aromatic ring is 1. The Bertz CT molecular complexity index is 468. The molecule has 16 heavy (non-hydrogen) atoms. The molecular weight excluding hydrogens is 222 g/mol. The van der Waals surface area contributed by atoms with Crippen LogP contribution in [0.1, 0.15) is 16.5 Å². The van der Waals surface area contributed by atoms with Gasteiger partial charge in [-0.3, -0.25) is 0 Å². The molecule has 84 valence electrons. The van der Waals surface area contributed by atoms with Crippen molar-refractivity contribution in [2.75, 3.05) is 12.8 Å². The van der Waals surface area contributed by atoms with Gasteiger partial charge in [-0.25, -0.2) is 0 Å². The molecule has 0 aliphatic rings. The summed E-state index contributed by atoms with van der Waals surface area (Å²) in [6.07, 6.45) is -0.685. The second kappa shape index (κ2) is 4.55. The van der Waals surface area contributed by atoms with Gasteiger partial charge in [0.1, 0.15) is 11.9 Å². The summed E-state index contributed by atoms with van der Waals surface area (Å²) >= 11 is 1.50. The minimum Gasteiger partial charge on any atom is -0.495 e. The third-order valence-corrected chi connectivity index (χ3v) is 3.35. The average molecular weight is 235 g/mol. The van der Waals surface area contributed by atoms with E-state index >= 15 is 0 Å². The fourth-order valence-electron chi connectivity index (χ4n) is 1.58. The Balaban J connectivity index is 2.41. The lowest BCUT2D eigenvalue weighted by Gasteiger charge is -2.14. The molecule has 0 fully saturated rings. The van der Waals surface area contributed by atoms with Crippen LogP contribution >= 0.6 is 11.3 Å². The lowest BCUT2D eigenvalue weighted by Crippen LogP contribution is -2.03. The van der Waals surface area contributed by atoms with Crippen molar-refractivity contribution in [3.63, 3.8) is 0 Å². The molecule has 0 radical (unpaired) electrons. The van der Waals surface area contributed by atoms with Crippen molar-refractivity contribution in [2.24, 2.45) is 0 Å². The van der Waals surface area contributed by atoms with Gasteiger partial charge in [-0.05, 0) is 17.5 Å². The van der Waals surface area contributed by atoms with Gasteiger partial charge in [-0.15, -0.1) is 11.3 Å². The number of hydrogen-bond donors (Lipinski definition) is 2. The normalized spacial score (nSPS) is 12.4. The summed E-state index contributed by atoms with van der Waals surface area (Å²) in [5, 5.41) is 12.1. The van der Waals surface area contributed by atoms with E-state index in [4.69, 9.17) is 10.5 Å². The first kappa shape index (κ1) is 11.0.